The highest BCUT2D eigenvalue weighted by Gasteiger charge is 2.07. The van der Waals surface area contributed by atoms with Crippen molar-refractivity contribution >= 4 is 0 Å². The minimum absolute atomic E-state index is 0.602. The molecule has 0 atom stereocenters. The molecule has 0 saturated carbocycles. The van der Waals surface area contributed by atoms with Gasteiger partial charge < -0.3 is 10.5 Å². The fraction of sp³-hybridized carbons (Fsp3) is 0.571. The van der Waals surface area contributed by atoms with Crippen molar-refractivity contribution < 1.29 is 4.74 Å². The molecule has 1 aromatic rings. The van der Waals surface area contributed by atoms with E-state index in [2.05, 4.69) is 33.8 Å². The average molecular weight is 221 g/mol. The molecule has 0 radical (unpaired) electrons. The molecule has 0 heterocycles. The van der Waals surface area contributed by atoms with Gasteiger partial charge in [-0.3, -0.25) is 0 Å². The van der Waals surface area contributed by atoms with E-state index in [1.165, 1.54) is 27.8 Å². The predicted octanol–water partition coefficient (Wildman–Crippen LogP) is 2.44. The summed E-state index contributed by atoms with van der Waals surface area (Å²) in [6.07, 6.45) is 0.986. The number of nitrogens with two attached hydrogens (primary N) is 1. The normalized spacial score (nSPS) is 10.8. The van der Waals surface area contributed by atoms with Crippen molar-refractivity contribution in [3.8, 4) is 0 Å². The van der Waals surface area contributed by atoms with Gasteiger partial charge in [-0.05, 0) is 61.9 Å². The van der Waals surface area contributed by atoms with Crippen LogP contribution in [0.4, 0.5) is 0 Å². The molecule has 0 bridgehead atoms. The van der Waals surface area contributed by atoms with Gasteiger partial charge in [0.1, 0.15) is 0 Å². The van der Waals surface area contributed by atoms with E-state index in [-0.39, 0.29) is 0 Å². The first kappa shape index (κ1) is 13.2. The van der Waals surface area contributed by atoms with Crippen LogP contribution in [0.5, 0.6) is 0 Å². The zero-order valence-electron chi connectivity index (χ0n) is 10.9. The Labute approximate surface area is 98.8 Å². The van der Waals surface area contributed by atoms with Crippen molar-refractivity contribution in [3.05, 3.63) is 33.9 Å². The summed E-state index contributed by atoms with van der Waals surface area (Å²) in [7, 11) is 0. The maximum absolute atomic E-state index is 5.45. The van der Waals surface area contributed by atoms with Crippen LogP contribution >= 0.6 is 0 Å². The lowest BCUT2D eigenvalue weighted by Crippen LogP contribution is -2.11. The second-order valence-electron chi connectivity index (χ2n) is 4.39. The maximum Gasteiger partial charge on any atom is 0.0588 e. The second-order valence-corrected chi connectivity index (χ2v) is 4.39. The molecule has 0 aromatic heterocycles. The molecule has 2 heteroatoms. The molecule has 0 aliphatic rings. The van der Waals surface area contributed by atoms with Crippen molar-refractivity contribution in [2.24, 2.45) is 5.73 Å². The van der Waals surface area contributed by atoms with E-state index in [0.717, 1.165) is 13.0 Å². The smallest absolute Gasteiger partial charge is 0.0588 e. The van der Waals surface area contributed by atoms with Gasteiger partial charge in [0.2, 0.25) is 0 Å². The molecule has 16 heavy (non-hydrogen) atoms. The van der Waals surface area contributed by atoms with Crippen molar-refractivity contribution in [1.82, 2.24) is 0 Å². The molecule has 1 rings (SSSR count). The van der Waals surface area contributed by atoms with Crippen LogP contribution in [0.2, 0.25) is 0 Å². The topological polar surface area (TPSA) is 35.2 Å². The Kier molecular flexibility index (Phi) is 4.97. The van der Waals surface area contributed by atoms with Crippen LogP contribution in [0.1, 0.15) is 27.8 Å². The Morgan fingerprint density at radius 1 is 1.00 bits per heavy atom. The van der Waals surface area contributed by atoms with Crippen LogP contribution in [0, 0.1) is 27.7 Å². The molecule has 0 aliphatic heterocycles. The standard InChI is InChI=1S/C14H23NO/c1-10-9-11(2)13(4)14(12(10)3)5-7-16-8-6-15/h9H,5-8,15H2,1-4H3. The van der Waals surface area contributed by atoms with Crippen LogP contribution in [-0.4, -0.2) is 19.8 Å². The van der Waals surface area contributed by atoms with Crippen molar-refractivity contribution in [2.45, 2.75) is 34.1 Å². The molecule has 0 spiro atoms. The first-order valence-electron chi connectivity index (χ1n) is 5.92. The Morgan fingerprint density at radius 2 is 1.56 bits per heavy atom. The summed E-state index contributed by atoms with van der Waals surface area (Å²) in [5.41, 5.74) is 12.4. The molecular weight excluding hydrogens is 198 g/mol. The molecule has 1 aromatic carbocycles. The summed E-state index contributed by atoms with van der Waals surface area (Å²) in [6, 6.07) is 2.26. The number of hydrogen-bond acceptors (Lipinski definition) is 2. The average Bonchev–Trinajstić information content (AvgIpc) is 2.25. The highest BCUT2D eigenvalue weighted by Crippen LogP contribution is 2.21. The molecule has 0 unspecified atom stereocenters. The lowest BCUT2D eigenvalue weighted by molar-refractivity contribution is 0.144. The van der Waals surface area contributed by atoms with Gasteiger partial charge in [-0.15, -0.1) is 0 Å². The van der Waals surface area contributed by atoms with Gasteiger partial charge in [-0.2, -0.15) is 0 Å². The number of hydrogen-bond donors (Lipinski definition) is 1. The van der Waals surface area contributed by atoms with Gasteiger partial charge in [-0.1, -0.05) is 6.07 Å². The van der Waals surface area contributed by atoms with Gasteiger partial charge in [0.25, 0.3) is 0 Å². The summed E-state index contributed by atoms with van der Waals surface area (Å²) in [5.74, 6) is 0. The largest absolute Gasteiger partial charge is 0.380 e. The number of aryl methyl sites for hydroxylation is 2. The maximum atomic E-state index is 5.45. The number of benzene rings is 1. The third-order valence-electron chi connectivity index (χ3n) is 3.28. The molecule has 90 valence electrons. The van der Waals surface area contributed by atoms with Gasteiger partial charge in [0, 0.05) is 6.54 Å². The summed E-state index contributed by atoms with van der Waals surface area (Å²) in [5, 5.41) is 0. The highest BCUT2D eigenvalue weighted by molar-refractivity contribution is 5.44. The lowest BCUT2D eigenvalue weighted by atomic mass is 9.92. The minimum atomic E-state index is 0.602. The van der Waals surface area contributed by atoms with Crippen LogP contribution in [0.25, 0.3) is 0 Å². The molecule has 0 aliphatic carbocycles. The van der Waals surface area contributed by atoms with Crippen LogP contribution < -0.4 is 5.73 Å². The number of rotatable bonds is 5. The minimum Gasteiger partial charge on any atom is -0.380 e. The first-order chi connectivity index (χ1) is 7.57. The van der Waals surface area contributed by atoms with Gasteiger partial charge in [0.15, 0.2) is 0 Å². The lowest BCUT2D eigenvalue weighted by Gasteiger charge is -2.15. The fourth-order valence-electron chi connectivity index (χ4n) is 2.03. The fourth-order valence-corrected chi connectivity index (χ4v) is 2.03. The SMILES string of the molecule is Cc1cc(C)c(C)c(CCOCCN)c1C. The Balaban J connectivity index is 2.78. The van der Waals surface area contributed by atoms with Crippen molar-refractivity contribution in [2.75, 3.05) is 19.8 Å². The quantitative estimate of drug-likeness (QED) is 0.775. The van der Waals surface area contributed by atoms with E-state index in [9.17, 15) is 0 Å². The van der Waals surface area contributed by atoms with Crippen molar-refractivity contribution in [1.29, 1.82) is 0 Å². The van der Waals surface area contributed by atoms with Crippen molar-refractivity contribution in [3.63, 3.8) is 0 Å². The Hall–Kier alpha value is -0.860. The van der Waals surface area contributed by atoms with Crippen LogP contribution in [0.3, 0.4) is 0 Å². The van der Waals surface area contributed by atoms with Crippen LogP contribution in [-0.2, 0) is 11.2 Å². The van der Waals surface area contributed by atoms with E-state index in [0.29, 0.717) is 13.2 Å². The van der Waals surface area contributed by atoms with E-state index in [1.54, 1.807) is 0 Å². The highest BCUT2D eigenvalue weighted by atomic mass is 16.5. The van der Waals surface area contributed by atoms with Gasteiger partial charge in [-0.25, -0.2) is 0 Å². The zero-order valence-corrected chi connectivity index (χ0v) is 10.9. The third kappa shape index (κ3) is 3.06. The zero-order chi connectivity index (χ0) is 12.1. The number of ether oxygens (including phenoxy) is 1. The Bertz CT molecular complexity index is 332. The third-order valence-corrected chi connectivity index (χ3v) is 3.28. The van der Waals surface area contributed by atoms with E-state index in [4.69, 9.17) is 10.5 Å². The van der Waals surface area contributed by atoms with E-state index in [1.807, 2.05) is 0 Å². The second kappa shape index (κ2) is 6.02. The van der Waals surface area contributed by atoms with E-state index < -0.39 is 0 Å². The van der Waals surface area contributed by atoms with Crippen LogP contribution in [0.15, 0.2) is 6.07 Å². The molecule has 2 nitrogen and oxygen atoms in total. The summed E-state index contributed by atoms with van der Waals surface area (Å²) in [6.45, 7) is 10.8. The molecule has 0 amide bonds. The molecule has 0 saturated heterocycles. The summed E-state index contributed by atoms with van der Waals surface area (Å²) in [4.78, 5) is 0. The summed E-state index contributed by atoms with van der Waals surface area (Å²) < 4.78 is 5.45. The Morgan fingerprint density at radius 3 is 2.06 bits per heavy atom. The summed E-state index contributed by atoms with van der Waals surface area (Å²) >= 11 is 0. The predicted molar refractivity (Wildman–Crippen MR) is 69.0 cm³/mol. The molecular formula is C14H23NO. The molecule has 0 fully saturated rings. The monoisotopic (exact) mass is 221 g/mol. The molecule has 2 N–H and O–H groups in total. The van der Waals surface area contributed by atoms with Gasteiger partial charge in [0.05, 0.1) is 13.2 Å². The van der Waals surface area contributed by atoms with Gasteiger partial charge >= 0.3 is 0 Å². The first-order valence-corrected chi connectivity index (χ1v) is 5.92. The van der Waals surface area contributed by atoms with E-state index >= 15 is 0 Å².